The van der Waals surface area contributed by atoms with Gasteiger partial charge >= 0.3 is 0 Å². The van der Waals surface area contributed by atoms with Gasteiger partial charge in [0.2, 0.25) is 5.56 Å². The van der Waals surface area contributed by atoms with Crippen LogP contribution in [-0.4, -0.2) is 25.7 Å². The van der Waals surface area contributed by atoms with Crippen molar-refractivity contribution in [2.75, 3.05) is 17.2 Å². The van der Waals surface area contributed by atoms with Crippen LogP contribution in [0.3, 0.4) is 0 Å². The van der Waals surface area contributed by atoms with Gasteiger partial charge in [-0.2, -0.15) is 0 Å². The minimum atomic E-state index is -3.39. The monoisotopic (exact) mass is 470 g/mol. The maximum Gasteiger partial charge on any atom is 0.247 e. The first-order valence-electron chi connectivity index (χ1n) is 11.4. The van der Waals surface area contributed by atoms with Crippen LogP contribution in [0.1, 0.15) is 11.1 Å². The van der Waals surface area contributed by atoms with Gasteiger partial charge in [0.15, 0.2) is 9.84 Å². The van der Waals surface area contributed by atoms with Crippen molar-refractivity contribution < 1.29 is 8.42 Å². The number of rotatable bonds is 6. The minimum absolute atomic E-state index is 0.0350. The number of fused-ring (bicyclic) bond motifs is 1. The molecule has 0 saturated carbocycles. The lowest BCUT2D eigenvalue weighted by atomic mass is 9.91. The molecule has 0 bridgehead atoms. The molecule has 0 saturated heterocycles. The van der Waals surface area contributed by atoms with E-state index in [2.05, 4.69) is 40.2 Å². The molecule has 172 valence electrons. The second-order valence-electron chi connectivity index (χ2n) is 8.82. The summed E-state index contributed by atoms with van der Waals surface area (Å²) in [6.45, 7) is 1.39. The van der Waals surface area contributed by atoms with Crippen LogP contribution in [-0.2, 0) is 22.8 Å². The molecular formula is C28H26N2O3S. The minimum Gasteiger partial charge on any atom is -0.367 e. The Labute approximate surface area is 199 Å². The topological polar surface area (TPSA) is 70.2 Å². The van der Waals surface area contributed by atoms with Crippen molar-refractivity contribution >= 4 is 15.5 Å². The molecule has 3 aromatic carbocycles. The van der Waals surface area contributed by atoms with Gasteiger partial charge in [-0.3, -0.25) is 4.79 Å². The summed E-state index contributed by atoms with van der Waals surface area (Å²) in [5, 5.41) is 0. The van der Waals surface area contributed by atoms with Crippen molar-refractivity contribution in [3.05, 3.63) is 119 Å². The number of H-pyrrole nitrogens is 1. The summed E-state index contributed by atoms with van der Waals surface area (Å²) in [6.07, 6.45) is 2.40. The van der Waals surface area contributed by atoms with Gasteiger partial charge in [-0.25, -0.2) is 8.42 Å². The van der Waals surface area contributed by atoms with Crippen molar-refractivity contribution in [1.29, 1.82) is 0 Å². The lowest BCUT2D eigenvalue weighted by Gasteiger charge is -2.36. The number of sulfone groups is 1. The van der Waals surface area contributed by atoms with E-state index in [9.17, 15) is 13.2 Å². The van der Waals surface area contributed by atoms with Crippen molar-refractivity contribution in [2.24, 2.45) is 5.92 Å². The average Bonchev–Trinajstić information content (AvgIpc) is 2.85. The summed E-state index contributed by atoms with van der Waals surface area (Å²) in [5.74, 6) is 0.0669. The third-order valence-electron chi connectivity index (χ3n) is 6.30. The van der Waals surface area contributed by atoms with E-state index in [1.807, 2.05) is 30.3 Å². The molecule has 0 radical (unpaired) electrons. The van der Waals surface area contributed by atoms with E-state index < -0.39 is 9.84 Å². The summed E-state index contributed by atoms with van der Waals surface area (Å²) in [5.41, 5.74) is 5.23. The first-order chi connectivity index (χ1) is 16.5. The molecule has 0 aliphatic carbocycles. The fourth-order valence-electron chi connectivity index (χ4n) is 4.71. The molecule has 0 amide bonds. The zero-order valence-corrected chi connectivity index (χ0v) is 19.5. The van der Waals surface area contributed by atoms with Crippen LogP contribution in [0.25, 0.3) is 11.1 Å². The highest BCUT2D eigenvalue weighted by Gasteiger charge is 2.29. The molecule has 1 aliphatic heterocycles. The molecule has 1 N–H and O–H groups in total. The van der Waals surface area contributed by atoms with Crippen LogP contribution >= 0.6 is 0 Å². The van der Waals surface area contributed by atoms with Gasteiger partial charge < -0.3 is 9.88 Å². The number of aromatic nitrogens is 1. The highest BCUT2D eigenvalue weighted by atomic mass is 32.2. The van der Waals surface area contributed by atoms with E-state index in [0.717, 1.165) is 22.4 Å². The Balaban J connectivity index is 1.49. The van der Waals surface area contributed by atoms with Gasteiger partial charge in [0.05, 0.1) is 10.6 Å². The summed E-state index contributed by atoms with van der Waals surface area (Å²) < 4.78 is 26.3. The maximum atomic E-state index is 13.1. The largest absolute Gasteiger partial charge is 0.367 e. The molecule has 1 unspecified atom stereocenters. The van der Waals surface area contributed by atoms with Gasteiger partial charge in [-0.15, -0.1) is 0 Å². The van der Waals surface area contributed by atoms with Crippen LogP contribution in [0.2, 0.25) is 0 Å². The SMILES string of the molecule is O=c1ccc(-c2ccc3c(c2)CC(CS(=O)(=O)c2ccccc2)CN3Cc2ccccc2)c[nH]1. The molecule has 2 heterocycles. The summed E-state index contributed by atoms with van der Waals surface area (Å²) in [7, 11) is -3.39. The molecule has 34 heavy (non-hydrogen) atoms. The fourth-order valence-corrected chi connectivity index (χ4v) is 6.32. The average molecular weight is 471 g/mol. The molecule has 1 aliphatic rings. The van der Waals surface area contributed by atoms with E-state index in [1.165, 1.54) is 11.6 Å². The van der Waals surface area contributed by atoms with Crippen molar-refractivity contribution in [1.82, 2.24) is 4.98 Å². The number of nitrogens with zero attached hydrogens (tertiary/aromatic N) is 1. The van der Waals surface area contributed by atoms with Gasteiger partial charge in [0.1, 0.15) is 0 Å². The van der Waals surface area contributed by atoms with Crippen LogP contribution in [0.15, 0.2) is 107 Å². The Morgan fingerprint density at radius 1 is 0.853 bits per heavy atom. The maximum absolute atomic E-state index is 13.1. The van der Waals surface area contributed by atoms with Gasteiger partial charge in [0.25, 0.3) is 0 Å². The molecule has 1 aromatic heterocycles. The van der Waals surface area contributed by atoms with E-state index in [1.54, 1.807) is 30.5 Å². The second-order valence-corrected chi connectivity index (χ2v) is 10.9. The number of pyridine rings is 1. The standard InChI is InChI=1S/C28H26N2O3S/c31-28-14-12-24(17-29-28)23-11-13-27-25(16-23)15-22(19-30(27)18-21-7-3-1-4-8-21)20-34(32,33)26-9-5-2-6-10-26/h1-14,16-17,22H,15,18-20H2,(H,29,31). The lowest BCUT2D eigenvalue weighted by Crippen LogP contribution is -2.38. The number of hydrogen-bond donors (Lipinski definition) is 1. The summed E-state index contributed by atoms with van der Waals surface area (Å²) in [4.78, 5) is 16.9. The lowest BCUT2D eigenvalue weighted by molar-refractivity contribution is 0.516. The molecule has 0 spiro atoms. The van der Waals surface area contributed by atoms with Gasteiger partial charge in [-0.1, -0.05) is 54.6 Å². The number of anilines is 1. The zero-order valence-electron chi connectivity index (χ0n) is 18.7. The van der Waals surface area contributed by atoms with E-state index in [-0.39, 0.29) is 17.2 Å². The molecule has 0 fully saturated rings. The van der Waals surface area contributed by atoms with Crippen LogP contribution < -0.4 is 10.5 Å². The quantitative estimate of drug-likeness (QED) is 0.444. The highest BCUT2D eigenvalue weighted by molar-refractivity contribution is 7.91. The predicted molar refractivity (Wildman–Crippen MR) is 136 cm³/mol. The summed E-state index contributed by atoms with van der Waals surface area (Å²) >= 11 is 0. The second kappa shape index (κ2) is 9.31. The van der Waals surface area contributed by atoms with Crippen LogP contribution in [0, 0.1) is 5.92 Å². The molecular weight excluding hydrogens is 444 g/mol. The molecule has 5 nitrogen and oxygen atoms in total. The van der Waals surface area contributed by atoms with Crippen LogP contribution in [0.5, 0.6) is 0 Å². The Morgan fingerprint density at radius 3 is 2.26 bits per heavy atom. The predicted octanol–water partition coefficient (Wildman–Crippen LogP) is 4.69. The van der Waals surface area contributed by atoms with E-state index >= 15 is 0 Å². The smallest absolute Gasteiger partial charge is 0.247 e. The Kier molecular flexibility index (Phi) is 6.07. The third kappa shape index (κ3) is 4.82. The van der Waals surface area contributed by atoms with E-state index in [0.29, 0.717) is 24.4 Å². The number of benzene rings is 3. The van der Waals surface area contributed by atoms with Gasteiger partial charge in [0, 0.05) is 31.0 Å². The highest BCUT2D eigenvalue weighted by Crippen LogP contribution is 2.35. The van der Waals surface area contributed by atoms with Crippen molar-refractivity contribution in [3.63, 3.8) is 0 Å². The first-order valence-corrected chi connectivity index (χ1v) is 13.0. The molecule has 4 aromatic rings. The van der Waals surface area contributed by atoms with E-state index in [4.69, 9.17) is 0 Å². The Morgan fingerprint density at radius 2 is 1.56 bits per heavy atom. The van der Waals surface area contributed by atoms with Gasteiger partial charge in [-0.05, 0) is 64.9 Å². The van der Waals surface area contributed by atoms with Crippen LogP contribution in [0.4, 0.5) is 5.69 Å². The fraction of sp³-hybridized carbons (Fsp3) is 0.179. The zero-order chi connectivity index (χ0) is 23.5. The Bertz CT molecular complexity index is 1430. The molecule has 1 atom stereocenters. The number of hydrogen-bond acceptors (Lipinski definition) is 4. The number of aromatic amines is 1. The summed E-state index contributed by atoms with van der Waals surface area (Å²) in [6, 6.07) is 28.6. The first kappa shape index (κ1) is 22.2. The van der Waals surface area contributed by atoms with Crippen molar-refractivity contribution in [2.45, 2.75) is 17.9 Å². The van der Waals surface area contributed by atoms with Crippen molar-refractivity contribution in [3.8, 4) is 11.1 Å². The molecule has 6 heteroatoms. The molecule has 5 rings (SSSR count). The Hall–Kier alpha value is -3.64. The number of nitrogens with one attached hydrogen (secondary N) is 1. The third-order valence-corrected chi connectivity index (χ3v) is 8.20. The normalized spacial score (nSPS) is 15.6.